The fourth-order valence-electron chi connectivity index (χ4n) is 1.63. The molecule has 1 aromatic carbocycles. The van der Waals surface area contributed by atoms with Crippen molar-refractivity contribution in [1.82, 2.24) is 0 Å². The minimum absolute atomic E-state index is 0.0446. The summed E-state index contributed by atoms with van der Waals surface area (Å²) in [5, 5.41) is 5.24. The minimum atomic E-state index is -2.96. The van der Waals surface area contributed by atoms with Crippen LogP contribution in [0.5, 0.6) is 5.75 Å². The zero-order chi connectivity index (χ0) is 14.7. The van der Waals surface area contributed by atoms with Gasteiger partial charge in [-0.2, -0.15) is 8.78 Å². The molecule has 1 N–H and O–H groups in total. The maximum Gasteiger partial charge on any atom is 0.387 e. The molecule has 2 rings (SSSR count). The van der Waals surface area contributed by atoms with Crippen LogP contribution in [0.1, 0.15) is 10.4 Å². The van der Waals surface area contributed by atoms with Crippen molar-refractivity contribution in [3.63, 3.8) is 0 Å². The van der Waals surface area contributed by atoms with Gasteiger partial charge < -0.3 is 10.1 Å². The Morgan fingerprint density at radius 3 is 2.45 bits per heavy atom. The quantitative estimate of drug-likeness (QED) is 0.769. The van der Waals surface area contributed by atoms with Gasteiger partial charge in [0.25, 0.3) is 0 Å². The zero-order valence-electron chi connectivity index (χ0n) is 10.4. The Labute approximate surface area is 129 Å². The van der Waals surface area contributed by atoms with Crippen LogP contribution < -0.4 is 10.1 Å². The van der Waals surface area contributed by atoms with Crippen LogP contribution in [0, 0.1) is 6.92 Å². The van der Waals surface area contributed by atoms with Crippen molar-refractivity contribution >= 4 is 40.2 Å². The predicted octanol–water partition coefficient (Wildman–Crippen LogP) is 5.58. The highest BCUT2D eigenvalue weighted by Crippen LogP contribution is 2.37. The van der Waals surface area contributed by atoms with Crippen molar-refractivity contribution < 1.29 is 13.5 Å². The maximum absolute atomic E-state index is 12.2. The summed E-state index contributed by atoms with van der Waals surface area (Å²) in [5.41, 5.74) is 1.84. The predicted molar refractivity (Wildman–Crippen MR) is 79.5 cm³/mol. The fraction of sp³-hybridized carbons (Fsp3) is 0.231. The van der Waals surface area contributed by atoms with E-state index in [1.165, 1.54) is 22.6 Å². The van der Waals surface area contributed by atoms with Crippen LogP contribution in [-0.4, -0.2) is 6.61 Å². The molecular weight excluding hydrogens is 327 g/mol. The second kappa shape index (κ2) is 6.61. The molecular formula is C13H11Cl2F2NOS. The third-order valence-corrected chi connectivity index (χ3v) is 4.21. The highest BCUT2D eigenvalue weighted by molar-refractivity contribution is 7.10. The summed E-state index contributed by atoms with van der Waals surface area (Å²) in [5.74, 6) is -0.207. The van der Waals surface area contributed by atoms with Crippen molar-refractivity contribution in [2.75, 3.05) is 5.32 Å². The molecule has 108 valence electrons. The van der Waals surface area contributed by atoms with Gasteiger partial charge in [0.15, 0.2) is 5.75 Å². The number of nitrogens with one attached hydrogen (secondary N) is 1. The number of rotatable bonds is 5. The highest BCUT2D eigenvalue weighted by Gasteiger charge is 2.14. The molecule has 0 aliphatic rings. The number of aryl methyl sites for hydroxylation is 1. The molecule has 2 aromatic rings. The van der Waals surface area contributed by atoms with E-state index < -0.39 is 6.61 Å². The lowest BCUT2D eigenvalue weighted by Gasteiger charge is -2.12. The monoisotopic (exact) mass is 337 g/mol. The number of hydrogen-bond acceptors (Lipinski definition) is 3. The molecule has 0 saturated heterocycles. The van der Waals surface area contributed by atoms with Crippen LogP contribution >= 0.6 is 34.5 Å². The summed E-state index contributed by atoms with van der Waals surface area (Å²) in [6.45, 7) is -0.323. The molecule has 0 aliphatic heterocycles. The molecule has 1 aromatic heterocycles. The molecule has 0 saturated carbocycles. The molecule has 20 heavy (non-hydrogen) atoms. The number of benzene rings is 1. The van der Waals surface area contributed by atoms with Gasteiger partial charge in [-0.05, 0) is 36.1 Å². The topological polar surface area (TPSA) is 21.3 Å². The van der Waals surface area contributed by atoms with Crippen molar-refractivity contribution in [3.8, 4) is 5.75 Å². The van der Waals surface area contributed by atoms with Gasteiger partial charge in [0.05, 0.1) is 10.0 Å². The minimum Gasteiger partial charge on any atom is -0.432 e. The third kappa shape index (κ3) is 3.75. The molecule has 1 heterocycles. The Morgan fingerprint density at radius 1 is 1.30 bits per heavy atom. The fourth-order valence-corrected chi connectivity index (χ4v) is 3.05. The normalized spacial score (nSPS) is 10.9. The Balaban J connectivity index is 2.12. The molecule has 2 nitrogen and oxygen atoms in total. The first kappa shape index (κ1) is 15.4. The summed E-state index contributed by atoms with van der Waals surface area (Å²) in [7, 11) is 0. The van der Waals surface area contributed by atoms with Gasteiger partial charge in [0, 0.05) is 17.1 Å². The molecule has 0 unspecified atom stereocenters. The third-order valence-electron chi connectivity index (χ3n) is 2.63. The van der Waals surface area contributed by atoms with Gasteiger partial charge in [-0.3, -0.25) is 0 Å². The lowest BCUT2D eigenvalue weighted by molar-refractivity contribution is -0.0497. The summed E-state index contributed by atoms with van der Waals surface area (Å²) in [6, 6.07) is 5.05. The smallest absolute Gasteiger partial charge is 0.387 e. The number of anilines is 1. The van der Waals surface area contributed by atoms with Crippen molar-refractivity contribution in [2.24, 2.45) is 0 Å². The zero-order valence-corrected chi connectivity index (χ0v) is 12.8. The Hall–Kier alpha value is -1.04. The van der Waals surface area contributed by atoms with E-state index in [0.29, 0.717) is 12.2 Å². The van der Waals surface area contributed by atoms with Gasteiger partial charge >= 0.3 is 6.61 Å². The standard InChI is InChI=1S/C13H11Cl2F2NOS/c1-7-2-3-20-11(7)6-18-8-4-9(14)12(10(15)5-8)19-13(16)17/h2-5,13,18H,6H2,1H3. The average molecular weight is 338 g/mol. The molecule has 0 radical (unpaired) electrons. The lowest BCUT2D eigenvalue weighted by Crippen LogP contribution is -2.04. The van der Waals surface area contributed by atoms with E-state index in [0.717, 1.165) is 0 Å². The number of alkyl halides is 2. The largest absolute Gasteiger partial charge is 0.432 e. The summed E-state index contributed by atoms with van der Waals surface area (Å²) in [6.07, 6.45) is 0. The van der Waals surface area contributed by atoms with E-state index in [1.807, 2.05) is 18.4 Å². The molecule has 0 atom stereocenters. The van der Waals surface area contributed by atoms with Gasteiger partial charge in [0.2, 0.25) is 0 Å². The van der Waals surface area contributed by atoms with Crippen LogP contribution in [0.4, 0.5) is 14.5 Å². The van der Waals surface area contributed by atoms with E-state index in [4.69, 9.17) is 23.2 Å². The Kier molecular flexibility index (Phi) is 5.07. The molecule has 0 aliphatic carbocycles. The molecule has 0 spiro atoms. The van der Waals surface area contributed by atoms with Crippen LogP contribution in [-0.2, 0) is 6.54 Å². The average Bonchev–Trinajstić information content (AvgIpc) is 2.77. The van der Waals surface area contributed by atoms with Crippen LogP contribution in [0.15, 0.2) is 23.6 Å². The number of thiophene rings is 1. The van der Waals surface area contributed by atoms with Crippen molar-refractivity contribution in [2.45, 2.75) is 20.1 Å². The lowest BCUT2D eigenvalue weighted by atomic mass is 10.2. The van der Waals surface area contributed by atoms with Crippen molar-refractivity contribution in [3.05, 3.63) is 44.1 Å². The van der Waals surface area contributed by atoms with Crippen LogP contribution in [0.2, 0.25) is 10.0 Å². The molecule has 0 amide bonds. The first-order valence-electron chi connectivity index (χ1n) is 5.68. The van der Waals surface area contributed by atoms with Gasteiger partial charge in [-0.1, -0.05) is 23.2 Å². The van der Waals surface area contributed by atoms with Crippen molar-refractivity contribution in [1.29, 1.82) is 0 Å². The second-order valence-corrected chi connectivity index (χ2v) is 5.84. The van der Waals surface area contributed by atoms with Gasteiger partial charge in [0.1, 0.15) is 0 Å². The molecule has 7 heteroatoms. The Bertz CT molecular complexity index is 581. The first-order valence-corrected chi connectivity index (χ1v) is 7.31. The van der Waals surface area contributed by atoms with Crippen LogP contribution in [0.25, 0.3) is 0 Å². The highest BCUT2D eigenvalue weighted by atomic mass is 35.5. The molecule has 0 fully saturated rings. The van der Waals surface area contributed by atoms with Gasteiger partial charge in [-0.25, -0.2) is 0 Å². The second-order valence-electron chi connectivity index (χ2n) is 4.03. The number of halogens is 4. The van der Waals surface area contributed by atoms with E-state index in [1.54, 1.807) is 11.3 Å². The van der Waals surface area contributed by atoms with E-state index >= 15 is 0 Å². The summed E-state index contributed by atoms with van der Waals surface area (Å²) in [4.78, 5) is 1.19. The van der Waals surface area contributed by atoms with Crippen LogP contribution in [0.3, 0.4) is 0 Å². The Morgan fingerprint density at radius 2 is 1.95 bits per heavy atom. The summed E-state index contributed by atoms with van der Waals surface area (Å²) >= 11 is 13.4. The van der Waals surface area contributed by atoms with E-state index in [2.05, 4.69) is 10.1 Å². The van der Waals surface area contributed by atoms with E-state index in [9.17, 15) is 8.78 Å². The molecule has 0 bridgehead atoms. The number of ether oxygens (including phenoxy) is 1. The first-order chi connectivity index (χ1) is 9.47. The van der Waals surface area contributed by atoms with Gasteiger partial charge in [-0.15, -0.1) is 11.3 Å². The maximum atomic E-state index is 12.2. The van der Waals surface area contributed by atoms with E-state index in [-0.39, 0.29) is 15.8 Å². The SMILES string of the molecule is Cc1ccsc1CNc1cc(Cl)c(OC(F)F)c(Cl)c1. The summed E-state index contributed by atoms with van der Waals surface area (Å²) < 4.78 is 28.7. The number of hydrogen-bond donors (Lipinski definition) is 1.